The molecule has 0 aliphatic carbocycles. The molecule has 5 nitrogen and oxygen atoms in total. The van der Waals surface area contributed by atoms with Crippen molar-refractivity contribution in [1.82, 2.24) is 0 Å². The Balaban J connectivity index is 1.28. The van der Waals surface area contributed by atoms with Gasteiger partial charge in [-0.2, -0.15) is 26.3 Å². The molecule has 0 radical (unpaired) electrons. The number of benzene rings is 10. The lowest BCUT2D eigenvalue weighted by atomic mass is 9.95. The van der Waals surface area contributed by atoms with Gasteiger partial charge in [-0.1, -0.05) is 115 Å². The van der Waals surface area contributed by atoms with Gasteiger partial charge in [0.25, 0.3) is 0 Å². The highest BCUT2D eigenvalue weighted by Crippen LogP contribution is 2.72. The summed E-state index contributed by atoms with van der Waals surface area (Å²) >= 11 is 0.824. The Bertz CT molecular complexity index is 4660. The lowest BCUT2D eigenvalue weighted by molar-refractivity contribution is 0.0757. The molecule has 1 unspecified atom stereocenters. The van der Waals surface area contributed by atoms with Gasteiger partial charge >= 0.3 is 5.97 Å². The smallest absolute Gasteiger partial charge is 0.350 e. The predicted molar refractivity (Wildman–Crippen MR) is 292 cm³/mol. The molecule has 1 heterocycles. The number of hydrogen-bond donors (Lipinski definition) is 0. The van der Waals surface area contributed by atoms with Crippen LogP contribution in [0.25, 0.3) is 44.5 Å². The zero-order valence-corrected chi connectivity index (χ0v) is 46.6. The normalized spacial score (nSPS) is 12.4. The first-order valence-electron chi connectivity index (χ1n) is 25.7. The van der Waals surface area contributed by atoms with E-state index in [0.717, 1.165) is 22.5 Å². The van der Waals surface area contributed by atoms with Gasteiger partial charge in [0.1, 0.15) is 0 Å². The summed E-state index contributed by atoms with van der Waals surface area (Å²) in [5.41, 5.74) is -3.76. The number of carbonyl (C=O) groups is 1. The van der Waals surface area contributed by atoms with E-state index in [4.69, 9.17) is 18.4 Å². The van der Waals surface area contributed by atoms with Crippen LogP contribution >= 0.6 is 21.6 Å². The zero-order chi connectivity index (χ0) is 65.9. The second-order valence-electron chi connectivity index (χ2n) is 19.1. The summed E-state index contributed by atoms with van der Waals surface area (Å²) in [6, 6.07) is 37.8. The molecule has 10 aromatic carbocycles. The number of thiophene rings is 1. The van der Waals surface area contributed by atoms with Crippen LogP contribution in [-0.4, -0.2) is 5.97 Å². The Morgan fingerprint density at radius 1 is 0.293 bits per heavy atom. The van der Waals surface area contributed by atoms with Gasteiger partial charge < -0.3 is 18.4 Å². The van der Waals surface area contributed by atoms with Gasteiger partial charge in [-0.25, -0.2) is 66.3 Å². The highest BCUT2D eigenvalue weighted by atomic mass is 32.3. The first-order chi connectivity index (χ1) is 43.9. The van der Waals surface area contributed by atoms with Crippen LogP contribution in [0.1, 0.15) is 10.4 Å². The molecule has 0 aliphatic heterocycles. The second kappa shape index (κ2) is 24.8. The molecular formula is C65H26F20O5S2. The zero-order valence-electron chi connectivity index (χ0n) is 44.9. The van der Waals surface area contributed by atoms with E-state index in [2.05, 4.69) is 0 Å². The minimum absolute atomic E-state index is 0.0357. The Morgan fingerprint density at radius 3 is 1.02 bits per heavy atom. The van der Waals surface area contributed by atoms with Crippen molar-refractivity contribution < 1.29 is 111 Å². The topological polar surface area (TPSA) is 54.0 Å². The molecule has 0 saturated carbocycles. The summed E-state index contributed by atoms with van der Waals surface area (Å²) in [6.45, 7) is 0. The number of hydrogen-bond acceptors (Lipinski definition) is 6. The van der Waals surface area contributed by atoms with Crippen molar-refractivity contribution in [3.63, 3.8) is 0 Å². The lowest BCUT2D eigenvalue weighted by Crippen LogP contribution is -2.16. The summed E-state index contributed by atoms with van der Waals surface area (Å²) in [7, 11) is -4.12. The molecular weight excluding hydrogens is 1300 g/mol. The summed E-state index contributed by atoms with van der Waals surface area (Å²) in [5, 5.41) is 1.53. The SMILES string of the molecule is O=C(OS(c1ccccc1)(c1ccc(-c2ccccc2)cc1)c1cc(-c2ccc(-c3ccccc3)cc2)cs1)c1cc(Oc2c(F)c(F)c(F)c(F)c2F)c(Oc2c(F)c(F)c(F)c(F)c2F)c(Oc2c(F)c(F)c(F)c(F)c2F)c1-c1c(F)c(F)c(F)c(F)c1F. The largest absolute Gasteiger partial charge is 0.447 e. The van der Waals surface area contributed by atoms with E-state index in [1.54, 1.807) is 72.8 Å². The Morgan fingerprint density at radius 2 is 0.609 bits per heavy atom. The van der Waals surface area contributed by atoms with Crippen LogP contribution in [0.4, 0.5) is 87.8 Å². The van der Waals surface area contributed by atoms with Gasteiger partial charge in [-0.05, 0) is 69.1 Å². The van der Waals surface area contributed by atoms with Gasteiger partial charge in [0.15, 0.2) is 34.8 Å². The van der Waals surface area contributed by atoms with E-state index in [-0.39, 0.29) is 20.1 Å². The number of halogens is 20. The van der Waals surface area contributed by atoms with E-state index in [1.807, 2.05) is 12.1 Å². The van der Waals surface area contributed by atoms with Crippen molar-refractivity contribution in [3.05, 3.63) is 279 Å². The van der Waals surface area contributed by atoms with Crippen LogP contribution in [0.3, 0.4) is 0 Å². The minimum Gasteiger partial charge on any atom is -0.447 e. The number of rotatable bonds is 15. The van der Waals surface area contributed by atoms with E-state index in [9.17, 15) is 13.2 Å². The van der Waals surface area contributed by atoms with Crippen molar-refractivity contribution in [2.75, 3.05) is 0 Å². The summed E-state index contributed by atoms with van der Waals surface area (Å²) < 4.78 is 332. The fourth-order valence-corrected chi connectivity index (χ4v) is 14.0. The maximum absolute atomic E-state index is 16.9. The monoisotopic (exact) mass is 1330 g/mol. The maximum atomic E-state index is 16.9. The van der Waals surface area contributed by atoms with E-state index in [1.165, 1.54) is 66.0 Å². The van der Waals surface area contributed by atoms with Gasteiger partial charge in [0, 0.05) is 31.7 Å². The van der Waals surface area contributed by atoms with Crippen LogP contribution in [0.2, 0.25) is 0 Å². The second-order valence-corrected chi connectivity index (χ2v) is 23.0. The fourth-order valence-electron chi connectivity index (χ4n) is 9.31. The van der Waals surface area contributed by atoms with Gasteiger partial charge in [0.05, 0.1) is 15.3 Å². The highest BCUT2D eigenvalue weighted by Gasteiger charge is 2.44. The Labute approximate surface area is 508 Å². The Hall–Kier alpha value is -10.3. The van der Waals surface area contributed by atoms with Crippen molar-refractivity contribution >= 4 is 27.6 Å². The molecule has 27 heteroatoms. The molecule has 0 aliphatic rings. The standard InChI is InChI=1S/C65H26F20O5S2/c66-40-39(41(67)43(69)44(70)42(40)68)38-35(25-36(87-62-54(80)48(74)45(71)49(75)55(62)81)60(88-63-56(82)50(76)46(72)51(77)57(63)83)61(38)89-64-58(84)52(78)47(73)53(79)59(64)85)65(86)90-92(33-14-8-3-9-15-33,34-22-20-30(21-23-34)28-12-6-2-7-13-28)37-24-32(26-91-37)31-18-16-29(17-19-31)27-10-4-1-5-11-27/h1-26H. The van der Waals surface area contributed by atoms with Crippen molar-refractivity contribution in [3.8, 4) is 79.0 Å². The molecule has 0 amide bonds. The Kier molecular flexibility index (Phi) is 17.1. The molecule has 1 atom stereocenters. The quantitative estimate of drug-likeness (QED) is 0.0582. The van der Waals surface area contributed by atoms with Crippen molar-refractivity contribution in [2.45, 2.75) is 14.0 Å². The van der Waals surface area contributed by atoms with Crippen LogP contribution in [-0.2, 0) is 4.18 Å². The van der Waals surface area contributed by atoms with Gasteiger partial charge in [-0.15, -0.1) is 11.3 Å². The third-order valence-electron chi connectivity index (χ3n) is 13.8. The molecule has 0 spiro atoms. The molecule has 11 aromatic rings. The van der Waals surface area contributed by atoms with Crippen molar-refractivity contribution in [1.29, 1.82) is 0 Å². The van der Waals surface area contributed by atoms with Crippen LogP contribution in [0.5, 0.6) is 34.5 Å². The summed E-state index contributed by atoms with van der Waals surface area (Å²) in [6.07, 6.45) is 0. The first kappa shape index (κ1) is 63.3. The van der Waals surface area contributed by atoms with Crippen molar-refractivity contribution in [2.24, 2.45) is 0 Å². The van der Waals surface area contributed by atoms with Crippen LogP contribution in [0.15, 0.2) is 171 Å². The van der Waals surface area contributed by atoms with Gasteiger partial charge in [0.2, 0.25) is 116 Å². The lowest BCUT2D eigenvalue weighted by Gasteiger charge is -2.39. The molecule has 0 saturated heterocycles. The molecule has 0 N–H and O–H groups in total. The van der Waals surface area contributed by atoms with E-state index >= 15 is 79.4 Å². The van der Waals surface area contributed by atoms with Crippen LogP contribution in [0, 0.1) is 116 Å². The number of carbonyl (C=O) groups excluding carboxylic acids is 1. The minimum atomic E-state index is -4.12. The average molecular weight is 1330 g/mol. The summed E-state index contributed by atoms with van der Waals surface area (Å²) in [5.74, 6) is -79.8. The molecule has 0 bridgehead atoms. The number of ether oxygens (including phenoxy) is 3. The molecule has 468 valence electrons. The highest BCUT2D eigenvalue weighted by molar-refractivity contribution is 8.31. The summed E-state index contributed by atoms with van der Waals surface area (Å²) in [4.78, 5) is 16.0. The third kappa shape index (κ3) is 10.8. The average Bonchev–Trinajstić information content (AvgIpc) is 0.938. The molecule has 1 aromatic heterocycles. The fraction of sp³-hybridized carbons (Fsp3) is 0. The van der Waals surface area contributed by atoms with Crippen LogP contribution < -0.4 is 14.2 Å². The molecule has 0 fully saturated rings. The maximum Gasteiger partial charge on any atom is 0.350 e. The molecule has 11 rings (SSSR count). The molecule has 92 heavy (non-hydrogen) atoms. The van der Waals surface area contributed by atoms with E-state index in [0.29, 0.717) is 22.3 Å². The van der Waals surface area contributed by atoms with Gasteiger partial charge in [-0.3, -0.25) is 0 Å². The first-order valence-corrected chi connectivity index (χ1v) is 28.1. The van der Waals surface area contributed by atoms with E-state index < -0.39 is 184 Å². The third-order valence-corrected chi connectivity index (χ3v) is 18.4. The predicted octanol–water partition coefficient (Wildman–Crippen LogP) is 21.6.